The standard InChI is InChI=1S/C12H9NO3/c14-10-6-3-4-8(12(15)16)11(10)9-5-1-2-7-13-9/h1-7,14H,(H,15,16). The van der Waals surface area contributed by atoms with Gasteiger partial charge in [0.25, 0.3) is 0 Å². The molecule has 80 valence electrons. The van der Waals surface area contributed by atoms with Crippen molar-refractivity contribution < 1.29 is 15.0 Å². The summed E-state index contributed by atoms with van der Waals surface area (Å²) in [6.45, 7) is 0. The second kappa shape index (κ2) is 4.02. The van der Waals surface area contributed by atoms with Crippen LogP contribution >= 0.6 is 0 Å². The van der Waals surface area contributed by atoms with Crippen LogP contribution < -0.4 is 0 Å². The lowest BCUT2D eigenvalue weighted by Crippen LogP contribution is -2.00. The van der Waals surface area contributed by atoms with Gasteiger partial charge in [0.1, 0.15) is 5.75 Å². The molecule has 16 heavy (non-hydrogen) atoms. The van der Waals surface area contributed by atoms with E-state index in [1.807, 2.05) is 0 Å². The maximum atomic E-state index is 11.0. The highest BCUT2D eigenvalue weighted by atomic mass is 16.4. The lowest BCUT2D eigenvalue weighted by atomic mass is 10.0. The fourth-order valence-corrected chi connectivity index (χ4v) is 1.50. The van der Waals surface area contributed by atoms with E-state index in [1.165, 1.54) is 18.2 Å². The minimum absolute atomic E-state index is 0.0405. The monoisotopic (exact) mass is 215 g/mol. The normalized spacial score (nSPS) is 10.0. The van der Waals surface area contributed by atoms with Crippen LogP contribution in [0.5, 0.6) is 5.75 Å². The van der Waals surface area contributed by atoms with Gasteiger partial charge in [-0.3, -0.25) is 4.98 Å². The van der Waals surface area contributed by atoms with E-state index in [0.717, 1.165) is 0 Å². The summed E-state index contributed by atoms with van der Waals surface area (Å²) in [5.41, 5.74) is 0.729. The van der Waals surface area contributed by atoms with Gasteiger partial charge in [-0.25, -0.2) is 4.79 Å². The van der Waals surface area contributed by atoms with Crippen LogP contribution in [0.15, 0.2) is 42.6 Å². The van der Waals surface area contributed by atoms with Crippen LogP contribution in [0.25, 0.3) is 11.3 Å². The number of phenolic OH excluding ortho intramolecular Hbond substituents is 1. The first-order valence-electron chi connectivity index (χ1n) is 4.67. The average Bonchev–Trinajstić information content (AvgIpc) is 2.29. The quantitative estimate of drug-likeness (QED) is 0.805. The molecule has 2 aromatic rings. The van der Waals surface area contributed by atoms with E-state index in [2.05, 4.69) is 4.98 Å². The predicted molar refractivity (Wildman–Crippen MR) is 58.3 cm³/mol. The fourth-order valence-electron chi connectivity index (χ4n) is 1.50. The highest BCUT2D eigenvalue weighted by Gasteiger charge is 2.15. The molecule has 0 bridgehead atoms. The SMILES string of the molecule is O=C(O)c1cccc(O)c1-c1ccccn1. The zero-order chi connectivity index (χ0) is 11.5. The van der Waals surface area contributed by atoms with E-state index in [-0.39, 0.29) is 16.9 Å². The Balaban J connectivity index is 2.68. The van der Waals surface area contributed by atoms with Crippen molar-refractivity contribution in [2.45, 2.75) is 0 Å². The largest absolute Gasteiger partial charge is 0.507 e. The van der Waals surface area contributed by atoms with Gasteiger partial charge >= 0.3 is 5.97 Å². The van der Waals surface area contributed by atoms with E-state index < -0.39 is 5.97 Å². The highest BCUT2D eigenvalue weighted by Crippen LogP contribution is 2.30. The Labute approximate surface area is 91.8 Å². The van der Waals surface area contributed by atoms with Crippen molar-refractivity contribution in [2.24, 2.45) is 0 Å². The van der Waals surface area contributed by atoms with Crippen molar-refractivity contribution in [1.29, 1.82) is 0 Å². The van der Waals surface area contributed by atoms with Crippen LogP contribution in [0.3, 0.4) is 0 Å². The zero-order valence-electron chi connectivity index (χ0n) is 8.29. The van der Waals surface area contributed by atoms with Gasteiger partial charge in [-0.2, -0.15) is 0 Å². The molecule has 0 aliphatic rings. The highest BCUT2D eigenvalue weighted by molar-refractivity contribution is 5.97. The zero-order valence-corrected chi connectivity index (χ0v) is 8.29. The Bertz CT molecular complexity index is 523. The number of phenols is 1. The lowest BCUT2D eigenvalue weighted by Gasteiger charge is -2.07. The number of aromatic carboxylic acids is 1. The first-order valence-corrected chi connectivity index (χ1v) is 4.67. The predicted octanol–water partition coefficient (Wildman–Crippen LogP) is 2.15. The van der Waals surface area contributed by atoms with Gasteiger partial charge in [-0.1, -0.05) is 12.1 Å². The number of hydrogen-bond acceptors (Lipinski definition) is 3. The molecule has 2 rings (SSSR count). The molecular weight excluding hydrogens is 206 g/mol. The summed E-state index contributed by atoms with van der Waals surface area (Å²) in [5, 5.41) is 18.7. The van der Waals surface area contributed by atoms with E-state index >= 15 is 0 Å². The van der Waals surface area contributed by atoms with Gasteiger partial charge in [-0.05, 0) is 24.3 Å². The van der Waals surface area contributed by atoms with Gasteiger partial charge < -0.3 is 10.2 Å². The molecule has 0 radical (unpaired) electrons. The van der Waals surface area contributed by atoms with Crippen molar-refractivity contribution in [3.8, 4) is 17.0 Å². The van der Waals surface area contributed by atoms with Crippen LogP contribution in [0, 0.1) is 0 Å². The molecule has 0 amide bonds. The number of aromatic hydroxyl groups is 1. The van der Waals surface area contributed by atoms with Crippen LogP contribution in [-0.2, 0) is 0 Å². The van der Waals surface area contributed by atoms with Crippen LogP contribution in [0.4, 0.5) is 0 Å². The van der Waals surface area contributed by atoms with Gasteiger partial charge in [0.05, 0.1) is 16.8 Å². The Kier molecular flexibility index (Phi) is 2.55. The second-order valence-corrected chi connectivity index (χ2v) is 3.22. The van der Waals surface area contributed by atoms with Crippen LogP contribution in [0.2, 0.25) is 0 Å². The van der Waals surface area contributed by atoms with Crippen molar-refractivity contribution in [3.63, 3.8) is 0 Å². The Hall–Kier alpha value is -2.36. The van der Waals surface area contributed by atoms with E-state index in [1.54, 1.807) is 24.4 Å². The van der Waals surface area contributed by atoms with Crippen molar-refractivity contribution in [1.82, 2.24) is 4.98 Å². The Morgan fingerprint density at radius 1 is 1.12 bits per heavy atom. The number of carbonyl (C=O) groups is 1. The summed E-state index contributed by atoms with van der Waals surface area (Å²) in [7, 11) is 0. The number of aromatic nitrogens is 1. The lowest BCUT2D eigenvalue weighted by molar-refractivity contribution is 0.0697. The molecule has 0 saturated carbocycles. The number of carboxylic acid groups (broad SMARTS) is 1. The van der Waals surface area contributed by atoms with Crippen molar-refractivity contribution in [3.05, 3.63) is 48.2 Å². The molecule has 0 saturated heterocycles. The molecule has 0 aliphatic heterocycles. The summed E-state index contributed by atoms with van der Waals surface area (Å²) in [6, 6.07) is 9.49. The second-order valence-electron chi connectivity index (χ2n) is 3.22. The van der Waals surface area contributed by atoms with E-state index in [9.17, 15) is 9.90 Å². The first-order chi connectivity index (χ1) is 7.70. The Morgan fingerprint density at radius 3 is 2.56 bits per heavy atom. The molecule has 1 aromatic heterocycles. The minimum atomic E-state index is -1.09. The van der Waals surface area contributed by atoms with Crippen molar-refractivity contribution in [2.75, 3.05) is 0 Å². The first kappa shape index (κ1) is 10.2. The molecule has 1 aromatic carbocycles. The number of hydrogen-bond donors (Lipinski definition) is 2. The molecule has 4 heteroatoms. The Morgan fingerprint density at radius 2 is 1.94 bits per heavy atom. The number of benzene rings is 1. The smallest absolute Gasteiger partial charge is 0.336 e. The van der Waals surface area contributed by atoms with Crippen LogP contribution in [0.1, 0.15) is 10.4 Å². The molecule has 0 spiro atoms. The molecule has 2 N–H and O–H groups in total. The topological polar surface area (TPSA) is 70.4 Å². The van der Waals surface area contributed by atoms with Crippen molar-refractivity contribution >= 4 is 5.97 Å². The fraction of sp³-hybridized carbons (Fsp3) is 0. The maximum absolute atomic E-state index is 11.0. The molecule has 0 atom stereocenters. The summed E-state index contributed by atoms with van der Waals surface area (Å²) >= 11 is 0. The molecule has 0 aliphatic carbocycles. The van der Waals surface area contributed by atoms with E-state index in [0.29, 0.717) is 5.69 Å². The number of nitrogens with zero attached hydrogens (tertiary/aromatic N) is 1. The third-order valence-electron chi connectivity index (χ3n) is 2.19. The van der Waals surface area contributed by atoms with Gasteiger partial charge in [-0.15, -0.1) is 0 Å². The van der Waals surface area contributed by atoms with Crippen LogP contribution in [-0.4, -0.2) is 21.2 Å². The number of carboxylic acids is 1. The molecule has 0 fully saturated rings. The molecule has 1 heterocycles. The maximum Gasteiger partial charge on any atom is 0.336 e. The summed E-state index contributed by atoms with van der Waals surface area (Å²) < 4.78 is 0. The van der Waals surface area contributed by atoms with E-state index in [4.69, 9.17) is 5.11 Å². The average molecular weight is 215 g/mol. The third kappa shape index (κ3) is 1.72. The summed E-state index contributed by atoms with van der Waals surface area (Å²) in [4.78, 5) is 15.0. The molecular formula is C12H9NO3. The summed E-state index contributed by atoms with van der Waals surface area (Å²) in [6.07, 6.45) is 1.55. The third-order valence-corrected chi connectivity index (χ3v) is 2.19. The number of pyridine rings is 1. The van der Waals surface area contributed by atoms with Gasteiger partial charge in [0, 0.05) is 6.20 Å². The summed E-state index contributed by atoms with van der Waals surface area (Å²) in [5.74, 6) is -1.17. The molecule has 4 nitrogen and oxygen atoms in total. The molecule has 0 unspecified atom stereocenters. The van der Waals surface area contributed by atoms with Gasteiger partial charge in [0.15, 0.2) is 0 Å². The number of rotatable bonds is 2. The van der Waals surface area contributed by atoms with Gasteiger partial charge in [0.2, 0.25) is 0 Å². The minimum Gasteiger partial charge on any atom is -0.507 e.